The van der Waals surface area contributed by atoms with Gasteiger partial charge in [-0.15, -0.1) is 0 Å². The van der Waals surface area contributed by atoms with Crippen LogP contribution in [0.4, 0.5) is 4.79 Å². The summed E-state index contributed by atoms with van der Waals surface area (Å²) in [6.45, 7) is 6.60. The van der Waals surface area contributed by atoms with Crippen LogP contribution in [-0.2, 0) is 11.8 Å². The number of carbonyl (C=O) groups excluding carboxylic acids is 1. The Bertz CT molecular complexity index is 416. The molecule has 0 spiro atoms. The third-order valence-corrected chi connectivity index (χ3v) is 2.65. The van der Waals surface area contributed by atoms with Gasteiger partial charge in [0.15, 0.2) is 0 Å². The van der Waals surface area contributed by atoms with Gasteiger partial charge in [0.25, 0.3) is 0 Å². The van der Waals surface area contributed by atoms with Crippen LogP contribution in [0.3, 0.4) is 0 Å². The van der Waals surface area contributed by atoms with Gasteiger partial charge in [-0.25, -0.2) is 10.2 Å². The predicted octanol–water partition coefficient (Wildman–Crippen LogP) is 2.57. The summed E-state index contributed by atoms with van der Waals surface area (Å²) in [4.78, 5) is 10.4. The zero-order valence-corrected chi connectivity index (χ0v) is 11.2. The van der Waals surface area contributed by atoms with Gasteiger partial charge in [0, 0.05) is 6.21 Å². The van der Waals surface area contributed by atoms with Crippen LogP contribution in [-0.4, -0.2) is 12.2 Å². The molecule has 0 bridgehead atoms. The molecule has 2 amide bonds. The number of urea groups is 1. The Labute approximate surface area is 108 Å². The van der Waals surface area contributed by atoms with Gasteiger partial charge in [0.05, 0.1) is 0 Å². The zero-order chi connectivity index (χ0) is 13.6. The number of aryl methyl sites for hydroxylation is 1. The second-order valence-electron chi connectivity index (χ2n) is 5.27. The van der Waals surface area contributed by atoms with Gasteiger partial charge in [0.1, 0.15) is 0 Å². The number of hydrazone groups is 1. The third kappa shape index (κ3) is 4.99. The highest BCUT2D eigenvalue weighted by Crippen LogP contribution is 2.22. The smallest absolute Gasteiger partial charge is 0.332 e. The molecule has 0 aliphatic carbocycles. The standard InChI is InChI=1S/C14H21N3O/c1-14(2,3)12-8-6-11(7-9-12)5-4-10-16-17-13(15)18/h6-10H,4-5H2,1-3H3,(H3,15,17,18)/b16-10-. The largest absolute Gasteiger partial charge is 0.350 e. The third-order valence-electron chi connectivity index (χ3n) is 2.65. The molecule has 4 nitrogen and oxygen atoms in total. The van der Waals surface area contributed by atoms with Crippen molar-refractivity contribution >= 4 is 12.2 Å². The Morgan fingerprint density at radius 2 is 1.94 bits per heavy atom. The van der Waals surface area contributed by atoms with E-state index in [4.69, 9.17) is 5.73 Å². The minimum Gasteiger partial charge on any atom is -0.350 e. The van der Waals surface area contributed by atoms with Crippen LogP contribution in [0.2, 0.25) is 0 Å². The van der Waals surface area contributed by atoms with E-state index >= 15 is 0 Å². The summed E-state index contributed by atoms with van der Waals surface area (Å²) in [7, 11) is 0. The first-order chi connectivity index (χ1) is 8.39. The molecule has 1 aromatic rings. The molecule has 0 aliphatic rings. The molecule has 1 rings (SSSR count). The summed E-state index contributed by atoms with van der Waals surface area (Å²) in [5, 5.41) is 3.69. The first-order valence-electron chi connectivity index (χ1n) is 6.06. The molecule has 4 heteroatoms. The van der Waals surface area contributed by atoms with Crippen molar-refractivity contribution in [2.75, 3.05) is 0 Å². The Kier molecular flexibility index (Phi) is 4.89. The van der Waals surface area contributed by atoms with Gasteiger partial charge in [0.2, 0.25) is 0 Å². The van der Waals surface area contributed by atoms with E-state index in [1.165, 1.54) is 11.1 Å². The maximum absolute atomic E-state index is 10.4. The van der Waals surface area contributed by atoms with E-state index in [1.807, 2.05) is 0 Å². The number of carbonyl (C=O) groups is 1. The van der Waals surface area contributed by atoms with Gasteiger partial charge in [-0.1, -0.05) is 45.0 Å². The molecule has 0 saturated carbocycles. The molecule has 0 fully saturated rings. The van der Waals surface area contributed by atoms with Gasteiger partial charge in [-0.2, -0.15) is 5.10 Å². The summed E-state index contributed by atoms with van der Waals surface area (Å²) in [6, 6.07) is 7.95. The summed E-state index contributed by atoms with van der Waals surface area (Å²) in [6.07, 6.45) is 3.33. The Hall–Kier alpha value is -1.84. The Morgan fingerprint density at radius 1 is 1.33 bits per heavy atom. The summed E-state index contributed by atoms with van der Waals surface area (Å²) in [5.41, 5.74) is 9.82. The average molecular weight is 247 g/mol. The minimum atomic E-state index is -0.638. The fourth-order valence-electron chi connectivity index (χ4n) is 1.58. The fraction of sp³-hybridized carbons (Fsp3) is 0.429. The minimum absolute atomic E-state index is 0.186. The van der Waals surface area contributed by atoms with Crippen LogP contribution >= 0.6 is 0 Å². The maximum atomic E-state index is 10.4. The summed E-state index contributed by atoms with van der Waals surface area (Å²) in [5.74, 6) is 0. The molecule has 0 radical (unpaired) electrons. The number of primary amides is 1. The molecule has 3 N–H and O–H groups in total. The van der Waals surface area contributed by atoms with Crippen LogP contribution in [0.1, 0.15) is 38.3 Å². The molecule has 0 unspecified atom stereocenters. The number of rotatable bonds is 4. The quantitative estimate of drug-likeness (QED) is 0.623. The van der Waals surface area contributed by atoms with E-state index in [-0.39, 0.29) is 5.41 Å². The second-order valence-corrected chi connectivity index (χ2v) is 5.27. The van der Waals surface area contributed by atoms with Crippen molar-refractivity contribution in [1.29, 1.82) is 0 Å². The molecule has 0 aromatic heterocycles. The van der Waals surface area contributed by atoms with Crippen molar-refractivity contribution in [3.63, 3.8) is 0 Å². The molecule has 0 aliphatic heterocycles. The first-order valence-corrected chi connectivity index (χ1v) is 6.06. The van der Waals surface area contributed by atoms with Crippen molar-refractivity contribution in [3.05, 3.63) is 35.4 Å². The van der Waals surface area contributed by atoms with Crippen LogP contribution in [0.5, 0.6) is 0 Å². The summed E-state index contributed by atoms with van der Waals surface area (Å²) >= 11 is 0. The fourth-order valence-corrected chi connectivity index (χ4v) is 1.58. The van der Waals surface area contributed by atoms with Gasteiger partial charge in [-0.05, 0) is 29.4 Å². The van der Waals surface area contributed by atoms with E-state index in [2.05, 4.69) is 55.6 Å². The molecule has 0 heterocycles. The molecule has 18 heavy (non-hydrogen) atoms. The highest BCUT2D eigenvalue weighted by molar-refractivity contribution is 5.72. The highest BCUT2D eigenvalue weighted by atomic mass is 16.2. The lowest BCUT2D eigenvalue weighted by atomic mass is 9.86. The molecule has 0 saturated heterocycles. The van der Waals surface area contributed by atoms with E-state index in [0.717, 1.165) is 12.8 Å². The van der Waals surface area contributed by atoms with Crippen molar-refractivity contribution in [3.8, 4) is 0 Å². The van der Waals surface area contributed by atoms with Gasteiger partial charge >= 0.3 is 6.03 Å². The number of nitrogens with one attached hydrogen (secondary N) is 1. The van der Waals surface area contributed by atoms with E-state index in [9.17, 15) is 4.79 Å². The number of benzene rings is 1. The number of nitrogens with zero attached hydrogens (tertiary/aromatic N) is 1. The number of hydrogen-bond donors (Lipinski definition) is 2. The Morgan fingerprint density at radius 3 is 2.44 bits per heavy atom. The van der Waals surface area contributed by atoms with Gasteiger partial charge < -0.3 is 5.73 Å². The number of amides is 2. The van der Waals surface area contributed by atoms with Crippen LogP contribution < -0.4 is 11.2 Å². The summed E-state index contributed by atoms with van der Waals surface area (Å²) < 4.78 is 0. The van der Waals surface area contributed by atoms with Gasteiger partial charge in [-0.3, -0.25) is 0 Å². The van der Waals surface area contributed by atoms with Crippen LogP contribution in [0, 0.1) is 0 Å². The normalized spacial score (nSPS) is 11.7. The molecular weight excluding hydrogens is 226 g/mol. The molecule has 0 atom stereocenters. The average Bonchev–Trinajstić information content (AvgIpc) is 2.27. The Balaban J connectivity index is 2.45. The topological polar surface area (TPSA) is 67.5 Å². The first kappa shape index (κ1) is 14.2. The highest BCUT2D eigenvalue weighted by Gasteiger charge is 2.12. The SMILES string of the molecule is CC(C)(C)c1ccc(CC/C=N\NC(N)=O)cc1. The number of nitrogens with two attached hydrogens (primary N) is 1. The number of hydrogen-bond acceptors (Lipinski definition) is 2. The zero-order valence-electron chi connectivity index (χ0n) is 11.2. The molecular formula is C14H21N3O. The van der Waals surface area contributed by atoms with Crippen LogP contribution in [0.25, 0.3) is 0 Å². The monoisotopic (exact) mass is 247 g/mol. The lowest BCUT2D eigenvalue weighted by Gasteiger charge is -2.19. The maximum Gasteiger partial charge on any atom is 0.332 e. The van der Waals surface area contributed by atoms with E-state index < -0.39 is 6.03 Å². The molecule has 1 aromatic carbocycles. The lowest BCUT2D eigenvalue weighted by molar-refractivity contribution is 0.249. The van der Waals surface area contributed by atoms with E-state index in [0.29, 0.717) is 0 Å². The van der Waals surface area contributed by atoms with Crippen molar-refractivity contribution in [2.45, 2.75) is 39.0 Å². The van der Waals surface area contributed by atoms with Crippen molar-refractivity contribution in [1.82, 2.24) is 5.43 Å². The lowest BCUT2D eigenvalue weighted by Crippen LogP contribution is -2.24. The second kappa shape index (κ2) is 6.19. The van der Waals surface area contributed by atoms with Crippen LogP contribution in [0.15, 0.2) is 29.4 Å². The predicted molar refractivity (Wildman–Crippen MR) is 74.7 cm³/mol. The van der Waals surface area contributed by atoms with Crippen molar-refractivity contribution in [2.24, 2.45) is 10.8 Å². The van der Waals surface area contributed by atoms with E-state index in [1.54, 1.807) is 6.21 Å². The van der Waals surface area contributed by atoms with Crippen molar-refractivity contribution < 1.29 is 4.79 Å². The molecule has 98 valence electrons.